The van der Waals surface area contributed by atoms with Gasteiger partial charge in [0.2, 0.25) is 11.8 Å². The third-order valence-corrected chi connectivity index (χ3v) is 3.90. The molecule has 0 saturated carbocycles. The van der Waals surface area contributed by atoms with Crippen LogP contribution >= 0.6 is 0 Å². The predicted octanol–water partition coefficient (Wildman–Crippen LogP) is 3.11. The molecule has 0 aromatic heterocycles. The molecule has 0 aliphatic heterocycles. The minimum atomic E-state index is -4.45. The van der Waals surface area contributed by atoms with Gasteiger partial charge in [0, 0.05) is 5.69 Å². The number of alkyl halides is 3. The fraction of sp³-hybridized carbons (Fsp3) is 0.300. The highest BCUT2D eigenvalue weighted by molar-refractivity contribution is 5.92. The van der Waals surface area contributed by atoms with E-state index in [1.54, 1.807) is 42.5 Å². The van der Waals surface area contributed by atoms with E-state index in [2.05, 4.69) is 5.32 Å². The van der Waals surface area contributed by atoms with Crippen LogP contribution < -0.4 is 20.1 Å². The van der Waals surface area contributed by atoms with Gasteiger partial charge in [0.1, 0.15) is 6.54 Å². The Hall–Kier alpha value is -3.23. The number of amides is 2. The zero-order valence-electron chi connectivity index (χ0n) is 15.9. The van der Waals surface area contributed by atoms with Gasteiger partial charge in [-0.1, -0.05) is 18.2 Å². The molecule has 0 bridgehead atoms. The molecule has 6 nitrogen and oxygen atoms in total. The van der Waals surface area contributed by atoms with E-state index in [1.807, 2.05) is 5.32 Å². The Morgan fingerprint density at radius 3 is 2.03 bits per heavy atom. The van der Waals surface area contributed by atoms with Crippen molar-refractivity contribution in [2.45, 2.75) is 19.0 Å². The number of ether oxygens (including phenoxy) is 2. The number of hydrogen-bond donors (Lipinski definition) is 2. The summed E-state index contributed by atoms with van der Waals surface area (Å²) in [6, 6.07) is 11.5. The van der Waals surface area contributed by atoms with Crippen molar-refractivity contribution in [2.24, 2.45) is 0 Å². The fourth-order valence-electron chi connectivity index (χ4n) is 2.53. The maximum Gasteiger partial charge on any atom is 0.405 e. The van der Waals surface area contributed by atoms with Gasteiger partial charge in [0.05, 0.1) is 27.1 Å². The number of rotatable bonds is 8. The summed E-state index contributed by atoms with van der Waals surface area (Å²) in [4.78, 5) is 23.7. The second kappa shape index (κ2) is 9.81. The van der Waals surface area contributed by atoms with Crippen LogP contribution in [0, 0.1) is 0 Å². The maximum atomic E-state index is 12.2. The number of carbonyl (C=O) groups excluding carboxylic acids is 2. The van der Waals surface area contributed by atoms with E-state index < -0.39 is 18.6 Å². The zero-order chi connectivity index (χ0) is 21.4. The minimum absolute atomic E-state index is 0.113. The quantitative estimate of drug-likeness (QED) is 0.701. The second-order valence-electron chi connectivity index (χ2n) is 6.18. The van der Waals surface area contributed by atoms with Gasteiger partial charge in [-0.15, -0.1) is 0 Å². The molecule has 2 aromatic carbocycles. The lowest BCUT2D eigenvalue weighted by Crippen LogP contribution is -2.34. The highest BCUT2D eigenvalue weighted by Crippen LogP contribution is 2.27. The van der Waals surface area contributed by atoms with E-state index in [4.69, 9.17) is 9.47 Å². The molecule has 2 N–H and O–H groups in total. The number of benzene rings is 2. The van der Waals surface area contributed by atoms with Crippen molar-refractivity contribution >= 4 is 17.5 Å². The van der Waals surface area contributed by atoms with Crippen molar-refractivity contribution in [2.75, 3.05) is 26.1 Å². The molecule has 0 unspecified atom stereocenters. The summed E-state index contributed by atoms with van der Waals surface area (Å²) in [5.41, 5.74) is 1.77. The summed E-state index contributed by atoms with van der Waals surface area (Å²) in [7, 11) is 3.03. The first-order valence-electron chi connectivity index (χ1n) is 8.63. The zero-order valence-corrected chi connectivity index (χ0v) is 15.9. The van der Waals surface area contributed by atoms with Crippen molar-refractivity contribution < 1.29 is 32.2 Å². The maximum absolute atomic E-state index is 12.2. The molecule has 9 heteroatoms. The molecule has 0 aliphatic carbocycles. The van der Waals surface area contributed by atoms with Crippen LogP contribution in [-0.4, -0.2) is 38.8 Å². The van der Waals surface area contributed by atoms with Gasteiger partial charge in [-0.05, 0) is 35.4 Å². The Morgan fingerprint density at radius 2 is 1.45 bits per heavy atom. The molecule has 0 atom stereocenters. The lowest BCUT2D eigenvalue weighted by Gasteiger charge is -2.10. The largest absolute Gasteiger partial charge is 0.493 e. The first-order chi connectivity index (χ1) is 13.7. The van der Waals surface area contributed by atoms with Crippen molar-refractivity contribution in [3.63, 3.8) is 0 Å². The van der Waals surface area contributed by atoms with Crippen molar-refractivity contribution in [1.82, 2.24) is 5.32 Å². The van der Waals surface area contributed by atoms with Crippen LogP contribution in [-0.2, 0) is 22.4 Å². The summed E-state index contributed by atoms with van der Waals surface area (Å²) in [6.45, 7) is -1.36. The van der Waals surface area contributed by atoms with E-state index in [1.165, 1.54) is 14.2 Å². The number of hydrogen-bond acceptors (Lipinski definition) is 4. The molecule has 0 radical (unpaired) electrons. The van der Waals surface area contributed by atoms with Gasteiger partial charge < -0.3 is 20.1 Å². The standard InChI is InChI=1S/C20H21F3N2O4/c1-28-16-8-5-14(9-17(16)29-2)11-19(27)25-15-6-3-13(4-7-15)10-18(26)24-12-20(21,22)23/h3-9H,10-12H2,1-2H3,(H,24,26)(H,25,27). The first-order valence-corrected chi connectivity index (χ1v) is 8.63. The Kier molecular flexibility index (Phi) is 7.46. The lowest BCUT2D eigenvalue weighted by molar-refractivity contribution is -0.138. The van der Waals surface area contributed by atoms with E-state index >= 15 is 0 Å². The topological polar surface area (TPSA) is 76.7 Å². The summed E-state index contributed by atoms with van der Waals surface area (Å²) >= 11 is 0. The molecule has 2 rings (SSSR count). The summed E-state index contributed by atoms with van der Waals surface area (Å²) < 4.78 is 46.7. The average Bonchev–Trinajstić information content (AvgIpc) is 2.67. The molecule has 29 heavy (non-hydrogen) atoms. The Balaban J connectivity index is 1.89. The fourth-order valence-corrected chi connectivity index (χ4v) is 2.53. The van der Waals surface area contributed by atoms with Crippen LogP contribution in [0.25, 0.3) is 0 Å². The monoisotopic (exact) mass is 410 g/mol. The normalized spacial score (nSPS) is 10.9. The van der Waals surface area contributed by atoms with E-state index in [0.717, 1.165) is 5.56 Å². The SMILES string of the molecule is COc1ccc(CC(=O)Nc2ccc(CC(=O)NCC(F)(F)F)cc2)cc1OC. The van der Waals surface area contributed by atoms with Gasteiger partial charge in [-0.2, -0.15) is 13.2 Å². The highest BCUT2D eigenvalue weighted by atomic mass is 19.4. The molecule has 2 amide bonds. The first kappa shape index (κ1) is 22.1. The van der Waals surface area contributed by atoms with Gasteiger partial charge in [-0.3, -0.25) is 9.59 Å². The molecule has 0 aliphatic rings. The third kappa shape index (κ3) is 7.36. The highest BCUT2D eigenvalue weighted by Gasteiger charge is 2.27. The van der Waals surface area contributed by atoms with Gasteiger partial charge in [-0.25, -0.2) is 0 Å². The number of nitrogens with one attached hydrogen (secondary N) is 2. The molecular weight excluding hydrogens is 389 g/mol. The number of anilines is 1. The van der Waals surface area contributed by atoms with Gasteiger partial charge in [0.25, 0.3) is 0 Å². The summed E-state index contributed by atoms with van der Waals surface area (Å²) in [6.07, 6.45) is -4.52. The van der Waals surface area contributed by atoms with Crippen molar-refractivity contribution in [3.05, 3.63) is 53.6 Å². The van der Waals surface area contributed by atoms with Gasteiger partial charge >= 0.3 is 6.18 Å². The van der Waals surface area contributed by atoms with Crippen LogP contribution in [0.15, 0.2) is 42.5 Å². The van der Waals surface area contributed by atoms with Crippen LogP contribution in [0.1, 0.15) is 11.1 Å². The minimum Gasteiger partial charge on any atom is -0.493 e. The van der Waals surface area contributed by atoms with E-state index in [0.29, 0.717) is 22.7 Å². The molecule has 156 valence electrons. The average molecular weight is 410 g/mol. The van der Waals surface area contributed by atoms with Gasteiger partial charge in [0.15, 0.2) is 11.5 Å². The van der Waals surface area contributed by atoms with Crippen molar-refractivity contribution in [1.29, 1.82) is 0 Å². The molecule has 0 saturated heterocycles. The van der Waals surface area contributed by atoms with E-state index in [9.17, 15) is 22.8 Å². The molecule has 0 spiro atoms. The molecule has 0 heterocycles. The number of methoxy groups -OCH3 is 2. The third-order valence-electron chi connectivity index (χ3n) is 3.90. The predicted molar refractivity (Wildman–Crippen MR) is 101 cm³/mol. The van der Waals surface area contributed by atoms with Crippen LogP contribution in [0.4, 0.5) is 18.9 Å². The Morgan fingerprint density at radius 1 is 0.862 bits per heavy atom. The smallest absolute Gasteiger partial charge is 0.405 e. The number of halogens is 3. The second-order valence-corrected chi connectivity index (χ2v) is 6.18. The molecular formula is C20H21F3N2O4. The van der Waals surface area contributed by atoms with Crippen LogP contribution in [0.3, 0.4) is 0 Å². The lowest BCUT2D eigenvalue weighted by atomic mass is 10.1. The Bertz CT molecular complexity index is 852. The van der Waals surface area contributed by atoms with Crippen LogP contribution in [0.2, 0.25) is 0 Å². The van der Waals surface area contributed by atoms with E-state index in [-0.39, 0.29) is 18.7 Å². The number of carbonyl (C=O) groups is 2. The molecule has 2 aromatic rings. The molecule has 0 fully saturated rings. The van der Waals surface area contributed by atoms with Crippen molar-refractivity contribution in [3.8, 4) is 11.5 Å². The Labute approximate surface area is 166 Å². The summed E-state index contributed by atoms with van der Waals surface area (Å²) in [5.74, 6) is 0.0953. The van der Waals surface area contributed by atoms with Crippen LogP contribution in [0.5, 0.6) is 11.5 Å². The summed E-state index contributed by atoms with van der Waals surface area (Å²) in [5, 5.41) is 4.53.